The number of urea groups is 1. The fraction of sp³-hybridized carbons (Fsp3) is 0.0909. The predicted molar refractivity (Wildman–Crippen MR) is 112 cm³/mol. The van der Waals surface area contributed by atoms with Gasteiger partial charge in [-0.15, -0.1) is 0 Å². The largest absolute Gasteiger partial charge is 0.351 e. The molecule has 3 aromatic carbocycles. The van der Waals surface area contributed by atoms with Crippen LogP contribution in [-0.2, 0) is 4.79 Å². The Balaban J connectivity index is 2.32. The quantitative estimate of drug-likeness (QED) is 0.671. The van der Waals surface area contributed by atoms with Crippen LogP contribution in [0.3, 0.4) is 0 Å². The average molecular weight is 377 g/mol. The molecule has 1 atom stereocenters. The van der Waals surface area contributed by atoms with Gasteiger partial charge in [-0.3, -0.25) is 10.1 Å². The lowest BCUT2D eigenvalue weighted by atomic mass is 10.3. The number of rotatable bonds is 5. The third kappa shape index (κ3) is 3.62. The van der Waals surface area contributed by atoms with E-state index < -0.39 is 19.0 Å². The molecule has 0 aliphatic heterocycles. The van der Waals surface area contributed by atoms with Crippen LogP contribution >= 0.6 is 7.26 Å². The number of carbonyl (C=O) groups is 2. The minimum Gasteiger partial charge on any atom is -0.351 e. The first-order valence-electron chi connectivity index (χ1n) is 8.72. The molecule has 4 nitrogen and oxygen atoms in total. The normalized spacial score (nSPS) is 12.2. The summed E-state index contributed by atoms with van der Waals surface area (Å²) in [6.45, 7) is 1.87. The summed E-state index contributed by atoms with van der Waals surface area (Å²) < 4.78 is 0. The third-order valence-corrected chi connectivity index (χ3v) is 9.43. The van der Waals surface area contributed by atoms with Crippen molar-refractivity contribution in [2.24, 2.45) is 5.73 Å². The fourth-order valence-electron chi connectivity index (χ4n) is 3.51. The first kappa shape index (κ1) is 18.8. The van der Waals surface area contributed by atoms with Crippen LogP contribution in [0.4, 0.5) is 4.79 Å². The minimum absolute atomic E-state index is 0.368. The molecule has 0 aromatic heterocycles. The predicted octanol–water partition coefficient (Wildman–Crippen LogP) is 2.56. The van der Waals surface area contributed by atoms with Crippen molar-refractivity contribution in [1.29, 1.82) is 0 Å². The Morgan fingerprint density at radius 2 is 1.07 bits per heavy atom. The van der Waals surface area contributed by atoms with E-state index in [-0.39, 0.29) is 5.91 Å². The lowest BCUT2D eigenvalue weighted by molar-refractivity contribution is -0.119. The lowest BCUT2D eigenvalue weighted by Crippen LogP contribution is -2.47. The van der Waals surface area contributed by atoms with Gasteiger partial charge < -0.3 is 5.73 Å². The van der Waals surface area contributed by atoms with E-state index in [1.165, 1.54) is 0 Å². The smallest absolute Gasteiger partial charge is 0.318 e. The standard InChI is InChI=1S/C22H21N2O2P/c1-17(21(25)24-22(23)26)27(18-11-5-2-6-12-18,19-13-7-3-8-14-19)20-15-9-4-10-16-20/h2-17H,1H3,(H2-,23,24,25,26)/p+1. The summed E-state index contributed by atoms with van der Waals surface area (Å²) in [4.78, 5) is 24.3. The van der Waals surface area contributed by atoms with Crippen molar-refractivity contribution in [3.63, 3.8) is 0 Å². The summed E-state index contributed by atoms with van der Waals surface area (Å²) in [6, 6.07) is 29.3. The Hall–Kier alpha value is -2.97. The summed E-state index contributed by atoms with van der Waals surface area (Å²) in [7, 11) is -2.38. The average Bonchev–Trinajstić information content (AvgIpc) is 2.70. The molecule has 27 heavy (non-hydrogen) atoms. The summed E-state index contributed by atoms with van der Waals surface area (Å²) in [6.07, 6.45) is 0. The summed E-state index contributed by atoms with van der Waals surface area (Å²) in [5.41, 5.74) is 4.76. The van der Waals surface area contributed by atoms with Crippen molar-refractivity contribution in [1.82, 2.24) is 5.32 Å². The molecule has 3 amide bonds. The molecule has 3 rings (SSSR count). The van der Waals surface area contributed by atoms with Crippen LogP contribution in [0.5, 0.6) is 0 Å². The van der Waals surface area contributed by atoms with Gasteiger partial charge >= 0.3 is 6.03 Å². The van der Waals surface area contributed by atoms with Crippen LogP contribution in [0.2, 0.25) is 0 Å². The maximum Gasteiger partial charge on any atom is 0.318 e. The molecule has 0 saturated carbocycles. The number of benzene rings is 3. The van der Waals surface area contributed by atoms with E-state index in [0.29, 0.717) is 0 Å². The molecule has 3 aromatic rings. The SMILES string of the molecule is CC(C(=O)NC(N)=O)[P+](c1ccccc1)(c1ccccc1)c1ccccc1. The van der Waals surface area contributed by atoms with Gasteiger partial charge in [0.2, 0.25) is 0 Å². The van der Waals surface area contributed by atoms with Crippen molar-refractivity contribution < 1.29 is 9.59 Å². The number of amides is 3. The first-order chi connectivity index (χ1) is 13.1. The number of carbonyl (C=O) groups excluding carboxylic acids is 2. The zero-order valence-corrected chi connectivity index (χ0v) is 16.0. The van der Waals surface area contributed by atoms with E-state index in [4.69, 9.17) is 5.73 Å². The fourth-order valence-corrected chi connectivity index (χ4v) is 8.09. The summed E-state index contributed by atoms with van der Waals surface area (Å²) in [5, 5.41) is 5.52. The summed E-state index contributed by atoms with van der Waals surface area (Å²) in [5.74, 6) is -0.368. The Morgan fingerprint density at radius 1 is 0.741 bits per heavy atom. The number of nitrogens with one attached hydrogen (secondary N) is 1. The van der Waals surface area contributed by atoms with Crippen molar-refractivity contribution in [2.75, 3.05) is 0 Å². The van der Waals surface area contributed by atoms with Crippen LogP contribution in [0.1, 0.15) is 6.92 Å². The molecule has 0 radical (unpaired) electrons. The Labute approximate surface area is 159 Å². The topological polar surface area (TPSA) is 72.2 Å². The van der Waals surface area contributed by atoms with Crippen molar-refractivity contribution in [2.45, 2.75) is 12.6 Å². The van der Waals surface area contributed by atoms with Crippen molar-refractivity contribution in [3.05, 3.63) is 91.0 Å². The van der Waals surface area contributed by atoms with E-state index in [1.54, 1.807) is 0 Å². The molecule has 5 heteroatoms. The first-order valence-corrected chi connectivity index (χ1v) is 10.6. The minimum atomic E-state index is -2.38. The third-order valence-electron chi connectivity index (χ3n) is 4.70. The number of hydrogen-bond donors (Lipinski definition) is 2. The van der Waals surface area contributed by atoms with E-state index in [0.717, 1.165) is 15.9 Å². The van der Waals surface area contributed by atoms with Gasteiger partial charge in [-0.25, -0.2) is 4.79 Å². The molecule has 0 bridgehead atoms. The van der Waals surface area contributed by atoms with E-state index in [1.807, 2.05) is 61.5 Å². The molecule has 0 spiro atoms. The zero-order chi connectivity index (χ0) is 19.3. The molecule has 0 fully saturated rings. The Morgan fingerprint density at radius 3 is 1.37 bits per heavy atom. The van der Waals surface area contributed by atoms with Gasteiger partial charge in [0, 0.05) is 0 Å². The van der Waals surface area contributed by atoms with Gasteiger partial charge in [0.05, 0.1) is 0 Å². The molecule has 0 saturated heterocycles. The second kappa shape index (κ2) is 8.15. The van der Waals surface area contributed by atoms with Crippen molar-refractivity contribution >= 4 is 35.1 Å². The van der Waals surface area contributed by atoms with Crippen molar-refractivity contribution in [3.8, 4) is 0 Å². The van der Waals surface area contributed by atoms with Crippen LogP contribution in [0, 0.1) is 0 Å². The highest BCUT2D eigenvalue weighted by Crippen LogP contribution is 2.59. The molecule has 1 unspecified atom stereocenters. The van der Waals surface area contributed by atoms with Gasteiger partial charge in [0.1, 0.15) is 23.2 Å². The summed E-state index contributed by atoms with van der Waals surface area (Å²) >= 11 is 0. The second-order valence-corrected chi connectivity index (χ2v) is 10.0. The number of imide groups is 1. The van der Waals surface area contributed by atoms with Gasteiger partial charge in [-0.1, -0.05) is 54.6 Å². The Kier molecular flexibility index (Phi) is 5.68. The number of nitrogens with two attached hydrogens (primary N) is 1. The van der Waals surface area contributed by atoms with Crippen LogP contribution in [0.15, 0.2) is 91.0 Å². The van der Waals surface area contributed by atoms with Crippen LogP contribution < -0.4 is 27.0 Å². The van der Waals surface area contributed by atoms with Gasteiger partial charge in [-0.05, 0) is 43.3 Å². The molecule has 136 valence electrons. The molecule has 3 N–H and O–H groups in total. The van der Waals surface area contributed by atoms with Crippen LogP contribution in [-0.4, -0.2) is 17.6 Å². The van der Waals surface area contributed by atoms with Gasteiger partial charge in [0.25, 0.3) is 5.91 Å². The van der Waals surface area contributed by atoms with E-state index in [9.17, 15) is 9.59 Å². The van der Waals surface area contributed by atoms with Gasteiger partial charge in [-0.2, -0.15) is 0 Å². The molecular formula is C22H22N2O2P+. The highest BCUT2D eigenvalue weighted by Gasteiger charge is 2.53. The zero-order valence-electron chi connectivity index (χ0n) is 15.1. The molecule has 0 heterocycles. The molecule has 0 aliphatic carbocycles. The van der Waals surface area contributed by atoms with E-state index >= 15 is 0 Å². The van der Waals surface area contributed by atoms with E-state index in [2.05, 4.69) is 41.7 Å². The highest BCUT2D eigenvalue weighted by molar-refractivity contribution is 7.96. The lowest BCUT2D eigenvalue weighted by Gasteiger charge is -2.31. The van der Waals surface area contributed by atoms with Crippen LogP contribution in [0.25, 0.3) is 0 Å². The molecular weight excluding hydrogens is 355 g/mol. The monoisotopic (exact) mass is 377 g/mol. The maximum atomic E-state index is 12.9. The molecule has 0 aliphatic rings. The second-order valence-electron chi connectivity index (χ2n) is 6.26. The number of hydrogen-bond acceptors (Lipinski definition) is 2. The maximum absolute atomic E-state index is 12.9. The number of primary amides is 1. The van der Waals surface area contributed by atoms with Gasteiger partial charge in [0.15, 0.2) is 5.66 Å². The Bertz CT molecular complexity index is 818. The highest BCUT2D eigenvalue weighted by atomic mass is 31.2.